The van der Waals surface area contributed by atoms with Crippen molar-refractivity contribution in [3.63, 3.8) is 0 Å². The number of aromatic nitrogens is 2. The van der Waals surface area contributed by atoms with Crippen LogP contribution in [0, 0.1) is 0 Å². The van der Waals surface area contributed by atoms with Gasteiger partial charge in [0, 0.05) is 11.5 Å². The third kappa shape index (κ3) is 2.31. The number of halogens is 1. The largest absolute Gasteiger partial charge is 0.396 e. The van der Waals surface area contributed by atoms with E-state index in [9.17, 15) is 4.79 Å². The van der Waals surface area contributed by atoms with Crippen LogP contribution in [-0.2, 0) is 7.05 Å². The first-order valence-electron chi connectivity index (χ1n) is 4.93. The molecule has 1 aromatic carbocycles. The van der Waals surface area contributed by atoms with E-state index in [2.05, 4.69) is 26.3 Å². The second-order valence-corrected chi connectivity index (χ2v) is 4.36. The molecule has 3 N–H and O–H groups in total. The summed E-state index contributed by atoms with van der Waals surface area (Å²) in [6.07, 6.45) is 1.45. The van der Waals surface area contributed by atoms with E-state index >= 15 is 0 Å². The summed E-state index contributed by atoms with van der Waals surface area (Å²) in [7, 11) is 1.67. The normalized spacial score (nSPS) is 10.2. The maximum atomic E-state index is 12.0. The molecule has 0 saturated heterocycles. The first kappa shape index (κ1) is 11.7. The molecule has 1 amide bonds. The third-order valence-electron chi connectivity index (χ3n) is 2.30. The Morgan fingerprint density at radius 1 is 1.47 bits per heavy atom. The van der Waals surface area contributed by atoms with Gasteiger partial charge in [-0.05, 0) is 28.1 Å². The molecule has 2 aromatic rings. The number of hydrogen-bond donors (Lipinski definition) is 2. The van der Waals surface area contributed by atoms with E-state index in [1.165, 1.54) is 10.9 Å². The summed E-state index contributed by atoms with van der Waals surface area (Å²) >= 11 is 3.36. The van der Waals surface area contributed by atoms with Gasteiger partial charge in [0.1, 0.15) is 5.69 Å². The quantitative estimate of drug-likeness (QED) is 0.890. The first-order valence-corrected chi connectivity index (χ1v) is 5.72. The van der Waals surface area contributed by atoms with Gasteiger partial charge in [0.25, 0.3) is 5.91 Å². The number of benzene rings is 1. The number of aryl methyl sites for hydroxylation is 1. The van der Waals surface area contributed by atoms with Crippen LogP contribution in [0.15, 0.2) is 34.9 Å². The lowest BCUT2D eigenvalue weighted by Gasteiger charge is -2.07. The van der Waals surface area contributed by atoms with Gasteiger partial charge < -0.3 is 11.1 Å². The van der Waals surface area contributed by atoms with Gasteiger partial charge in [-0.3, -0.25) is 9.48 Å². The topological polar surface area (TPSA) is 72.9 Å². The second kappa shape index (κ2) is 4.58. The number of nitrogens with one attached hydrogen (secondary N) is 1. The van der Waals surface area contributed by atoms with Crippen LogP contribution < -0.4 is 11.1 Å². The van der Waals surface area contributed by atoms with Crippen LogP contribution in [0.2, 0.25) is 0 Å². The van der Waals surface area contributed by atoms with Gasteiger partial charge in [-0.25, -0.2) is 0 Å². The van der Waals surface area contributed by atoms with E-state index in [4.69, 9.17) is 5.73 Å². The molecule has 6 heteroatoms. The van der Waals surface area contributed by atoms with Gasteiger partial charge >= 0.3 is 0 Å². The predicted molar refractivity (Wildman–Crippen MR) is 69.7 cm³/mol. The van der Waals surface area contributed by atoms with Crippen molar-refractivity contribution in [2.45, 2.75) is 0 Å². The van der Waals surface area contributed by atoms with Crippen molar-refractivity contribution in [2.75, 3.05) is 11.1 Å². The molecule has 17 heavy (non-hydrogen) atoms. The van der Waals surface area contributed by atoms with Gasteiger partial charge in [-0.15, -0.1) is 0 Å². The molecule has 0 atom stereocenters. The van der Waals surface area contributed by atoms with Crippen LogP contribution >= 0.6 is 15.9 Å². The minimum Gasteiger partial charge on any atom is -0.396 e. The highest BCUT2D eigenvalue weighted by molar-refractivity contribution is 9.10. The molecule has 0 radical (unpaired) electrons. The molecule has 0 saturated carbocycles. The summed E-state index contributed by atoms with van der Waals surface area (Å²) in [6, 6.07) is 7.36. The van der Waals surface area contributed by atoms with Crippen LogP contribution in [0.4, 0.5) is 11.4 Å². The summed E-state index contributed by atoms with van der Waals surface area (Å²) in [5.74, 6) is -0.283. The number of carbonyl (C=O) groups is 1. The predicted octanol–water partition coefficient (Wildman–Crippen LogP) is 2.02. The number of carbonyl (C=O) groups excluding carboxylic acids is 1. The average molecular weight is 295 g/mol. The molecule has 0 aliphatic heterocycles. The van der Waals surface area contributed by atoms with E-state index in [0.29, 0.717) is 17.1 Å². The lowest BCUT2D eigenvalue weighted by Crippen LogP contribution is -2.17. The molecule has 2 rings (SSSR count). The number of rotatable bonds is 2. The standard InChI is InChI=1S/C11H11BrN4O/c1-16-10(8(13)6-14-16)11(17)15-9-5-3-2-4-7(9)12/h2-6H,13H2,1H3,(H,15,17). The van der Waals surface area contributed by atoms with Crippen LogP contribution in [0.5, 0.6) is 0 Å². The number of anilines is 2. The molecule has 0 bridgehead atoms. The monoisotopic (exact) mass is 294 g/mol. The number of nitrogens with zero attached hydrogens (tertiary/aromatic N) is 2. The summed E-state index contributed by atoms with van der Waals surface area (Å²) in [6.45, 7) is 0. The van der Waals surface area contributed by atoms with Crippen LogP contribution in [0.25, 0.3) is 0 Å². The fourth-order valence-electron chi connectivity index (χ4n) is 1.48. The van der Waals surface area contributed by atoms with E-state index in [1.807, 2.05) is 18.2 Å². The van der Waals surface area contributed by atoms with Gasteiger partial charge in [0.15, 0.2) is 0 Å². The first-order chi connectivity index (χ1) is 8.09. The lowest BCUT2D eigenvalue weighted by atomic mass is 10.3. The highest BCUT2D eigenvalue weighted by Gasteiger charge is 2.15. The molecular weight excluding hydrogens is 284 g/mol. The van der Waals surface area contributed by atoms with E-state index in [-0.39, 0.29) is 5.91 Å². The van der Waals surface area contributed by atoms with Crippen LogP contribution in [0.3, 0.4) is 0 Å². The van der Waals surface area contributed by atoms with E-state index < -0.39 is 0 Å². The minimum atomic E-state index is -0.283. The van der Waals surface area contributed by atoms with Crippen LogP contribution in [0.1, 0.15) is 10.5 Å². The molecule has 0 aliphatic rings. The third-order valence-corrected chi connectivity index (χ3v) is 3.00. The minimum absolute atomic E-state index is 0.283. The highest BCUT2D eigenvalue weighted by atomic mass is 79.9. The zero-order valence-corrected chi connectivity index (χ0v) is 10.7. The zero-order valence-electron chi connectivity index (χ0n) is 9.14. The molecule has 5 nitrogen and oxygen atoms in total. The van der Waals surface area contributed by atoms with Gasteiger partial charge in [-0.1, -0.05) is 12.1 Å². The number of para-hydroxylation sites is 1. The van der Waals surface area contributed by atoms with Crippen molar-refractivity contribution in [2.24, 2.45) is 7.05 Å². The van der Waals surface area contributed by atoms with Gasteiger partial charge in [-0.2, -0.15) is 5.10 Å². The average Bonchev–Trinajstić information content (AvgIpc) is 2.62. The molecule has 88 valence electrons. The molecule has 0 unspecified atom stereocenters. The Bertz CT molecular complexity index is 545. The molecule has 0 spiro atoms. The fourth-order valence-corrected chi connectivity index (χ4v) is 1.86. The van der Waals surface area contributed by atoms with Crippen molar-refractivity contribution >= 4 is 33.2 Å². The van der Waals surface area contributed by atoms with Crippen molar-refractivity contribution in [3.8, 4) is 0 Å². The molecule has 1 heterocycles. The number of nitrogen functional groups attached to an aromatic ring is 1. The van der Waals surface area contributed by atoms with Crippen LogP contribution in [-0.4, -0.2) is 15.7 Å². The summed E-state index contributed by atoms with van der Waals surface area (Å²) < 4.78 is 2.26. The second-order valence-electron chi connectivity index (χ2n) is 3.51. The zero-order chi connectivity index (χ0) is 12.4. The maximum absolute atomic E-state index is 12.0. The summed E-state index contributed by atoms with van der Waals surface area (Å²) in [5.41, 5.74) is 7.08. The SMILES string of the molecule is Cn1ncc(N)c1C(=O)Nc1ccccc1Br. The Balaban J connectivity index is 2.27. The van der Waals surface area contributed by atoms with Crippen molar-refractivity contribution in [1.29, 1.82) is 0 Å². The molecular formula is C11H11BrN4O. The fraction of sp³-hybridized carbons (Fsp3) is 0.0909. The molecule has 0 aliphatic carbocycles. The number of hydrogen-bond acceptors (Lipinski definition) is 3. The highest BCUT2D eigenvalue weighted by Crippen LogP contribution is 2.22. The Hall–Kier alpha value is -1.82. The Morgan fingerprint density at radius 2 is 2.18 bits per heavy atom. The molecule has 0 fully saturated rings. The molecule has 1 aromatic heterocycles. The van der Waals surface area contributed by atoms with E-state index in [0.717, 1.165) is 4.47 Å². The van der Waals surface area contributed by atoms with Crippen molar-refractivity contribution in [1.82, 2.24) is 9.78 Å². The van der Waals surface area contributed by atoms with Gasteiger partial charge in [0.2, 0.25) is 0 Å². The van der Waals surface area contributed by atoms with Crippen molar-refractivity contribution < 1.29 is 4.79 Å². The van der Waals surface area contributed by atoms with E-state index in [1.54, 1.807) is 13.1 Å². The Labute approximate surface area is 107 Å². The lowest BCUT2D eigenvalue weighted by molar-refractivity contribution is 0.101. The maximum Gasteiger partial charge on any atom is 0.276 e. The Morgan fingerprint density at radius 3 is 2.76 bits per heavy atom. The smallest absolute Gasteiger partial charge is 0.276 e. The van der Waals surface area contributed by atoms with Crippen molar-refractivity contribution in [3.05, 3.63) is 40.6 Å². The number of amides is 1. The Kier molecular flexibility index (Phi) is 3.14. The summed E-state index contributed by atoms with van der Waals surface area (Å²) in [4.78, 5) is 12.0. The summed E-state index contributed by atoms with van der Waals surface area (Å²) in [5, 5.41) is 6.69. The number of nitrogens with two attached hydrogens (primary N) is 1. The van der Waals surface area contributed by atoms with Gasteiger partial charge in [0.05, 0.1) is 17.6 Å².